The molecule has 2 N–H and O–H groups in total. The molecule has 2 unspecified atom stereocenters. The van der Waals surface area contributed by atoms with Gasteiger partial charge >= 0.3 is 0 Å². The molecule has 0 bridgehead atoms. The number of aromatic nitrogens is 2. The number of ether oxygens (including phenoxy) is 2. The van der Waals surface area contributed by atoms with Crippen molar-refractivity contribution in [2.45, 2.75) is 56.0 Å². The molecule has 2 fully saturated rings. The molecule has 0 saturated carbocycles. The highest BCUT2D eigenvalue weighted by Gasteiger charge is 2.35. The van der Waals surface area contributed by atoms with E-state index in [2.05, 4.69) is 24.3 Å². The number of rotatable bonds is 9. The third-order valence-corrected chi connectivity index (χ3v) is 6.97. The first-order valence-corrected chi connectivity index (χ1v) is 12.3. The third kappa shape index (κ3) is 6.02. The zero-order chi connectivity index (χ0) is 22.7. The van der Waals surface area contributed by atoms with E-state index >= 15 is 0 Å². The molecule has 2 aliphatic rings. The number of thioether (sulfide) groups is 1. The summed E-state index contributed by atoms with van der Waals surface area (Å²) in [7, 11) is 0. The largest absolute Gasteiger partial charge is 0.365 e. The zero-order valence-electron chi connectivity index (χ0n) is 18.2. The fraction of sp³-hybridized carbons (Fsp3) is 0.524. The fourth-order valence-electron chi connectivity index (χ4n) is 3.20. The number of hydrogen-bond acceptors (Lipinski definition) is 9. The molecule has 2 aliphatic heterocycles. The summed E-state index contributed by atoms with van der Waals surface area (Å²) >= 11 is 2.75. The van der Waals surface area contributed by atoms with Crippen molar-refractivity contribution in [3.05, 3.63) is 41.5 Å². The van der Waals surface area contributed by atoms with Crippen LogP contribution in [0, 0.1) is 11.6 Å². The van der Waals surface area contributed by atoms with E-state index in [1.807, 2.05) is 26.8 Å². The quantitative estimate of drug-likeness (QED) is 0.300. The van der Waals surface area contributed by atoms with Crippen molar-refractivity contribution in [3.8, 4) is 0 Å². The van der Waals surface area contributed by atoms with Gasteiger partial charge in [-0.25, -0.2) is 23.1 Å². The second-order valence-corrected chi connectivity index (χ2v) is 10.0. The van der Waals surface area contributed by atoms with Gasteiger partial charge in [0.25, 0.3) is 0 Å². The van der Waals surface area contributed by atoms with Crippen molar-refractivity contribution in [2.24, 2.45) is 0 Å². The molecule has 2 aromatic rings. The standard InChI is InChI=1S/C21H27F2N5O2S2/c1-13(16-11-29-21(2,3)30-16)24-17-10-18(27-32-28-8-5-9-28)26-20(25-17)31-12-14-6-4-7-15(22)19(14)23/h4,6-7,10,13,16H,5,8-9,11-12H2,1-3H3,(H2,24,25,26,27). The molecular formula is C21H27F2N5O2S2. The third-order valence-electron chi connectivity index (χ3n) is 5.15. The van der Waals surface area contributed by atoms with Gasteiger partial charge in [-0.1, -0.05) is 23.9 Å². The maximum Gasteiger partial charge on any atom is 0.191 e. The van der Waals surface area contributed by atoms with E-state index < -0.39 is 17.4 Å². The Hall–Kier alpha value is -1.66. The Morgan fingerprint density at radius 2 is 2.03 bits per heavy atom. The Morgan fingerprint density at radius 1 is 1.25 bits per heavy atom. The van der Waals surface area contributed by atoms with Crippen LogP contribution >= 0.6 is 23.9 Å². The van der Waals surface area contributed by atoms with Crippen LogP contribution in [0.3, 0.4) is 0 Å². The first kappa shape index (κ1) is 23.5. The van der Waals surface area contributed by atoms with Crippen molar-refractivity contribution in [3.63, 3.8) is 0 Å². The summed E-state index contributed by atoms with van der Waals surface area (Å²) in [6.07, 6.45) is 1.06. The summed E-state index contributed by atoms with van der Waals surface area (Å²) in [5, 5.41) is 3.83. The van der Waals surface area contributed by atoms with Crippen LogP contribution in [0.5, 0.6) is 0 Å². The number of halogens is 2. The lowest BCUT2D eigenvalue weighted by Crippen LogP contribution is -2.34. The molecule has 1 aromatic carbocycles. The molecule has 0 radical (unpaired) electrons. The molecule has 174 valence electrons. The van der Waals surface area contributed by atoms with Crippen molar-refractivity contribution < 1.29 is 18.3 Å². The smallest absolute Gasteiger partial charge is 0.191 e. The fourth-order valence-corrected chi connectivity index (χ4v) is 4.80. The Morgan fingerprint density at radius 3 is 2.72 bits per heavy atom. The van der Waals surface area contributed by atoms with Gasteiger partial charge in [-0.2, -0.15) is 0 Å². The highest BCUT2D eigenvalue weighted by atomic mass is 32.2. The normalized spacial score (nSPS) is 21.2. The summed E-state index contributed by atoms with van der Waals surface area (Å²) in [5.41, 5.74) is 0.272. The zero-order valence-corrected chi connectivity index (χ0v) is 19.9. The average molecular weight is 484 g/mol. The second-order valence-electron chi connectivity index (χ2n) is 8.20. The number of hydrogen-bond donors (Lipinski definition) is 2. The summed E-state index contributed by atoms with van der Waals surface area (Å²) in [6.45, 7) is 8.33. The SMILES string of the molecule is CC(Nc1cc(NSN2CCC2)nc(SCc2cccc(F)c2F)n1)C1COC(C)(C)O1. The second kappa shape index (κ2) is 10.1. The van der Waals surface area contributed by atoms with E-state index in [0.29, 0.717) is 23.4 Å². The average Bonchev–Trinajstić information content (AvgIpc) is 3.08. The maximum atomic E-state index is 14.0. The van der Waals surface area contributed by atoms with E-state index in [4.69, 9.17) is 9.47 Å². The van der Waals surface area contributed by atoms with Crippen molar-refractivity contribution in [1.29, 1.82) is 0 Å². The van der Waals surface area contributed by atoms with Crippen molar-refractivity contribution in [2.75, 3.05) is 29.7 Å². The Labute approximate surface area is 195 Å². The predicted molar refractivity (Wildman–Crippen MR) is 123 cm³/mol. The van der Waals surface area contributed by atoms with E-state index in [0.717, 1.165) is 19.2 Å². The van der Waals surface area contributed by atoms with Crippen molar-refractivity contribution in [1.82, 2.24) is 14.3 Å². The van der Waals surface area contributed by atoms with E-state index in [-0.39, 0.29) is 23.5 Å². The molecule has 4 rings (SSSR count). The number of anilines is 2. The molecule has 0 aliphatic carbocycles. The van der Waals surface area contributed by atoms with E-state index in [1.54, 1.807) is 6.07 Å². The molecule has 2 saturated heterocycles. The molecule has 7 nitrogen and oxygen atoms in total. The van der Waals surface area contributed by atoms with Gasteiger partial charge < -0.3 is 19.5 Å². The number of benzene rings is 1. The summed E-state index contributed by atoms with van der Waals surface area (Å²) < 4.78 is 44.6. The Balaban J connectivity index is 1.47. The van der Waals surface area contributed by atoms with Crippen LogP contribution in [-0.2, 0) is 15.2 Å². The molecule has 3 heterocycles. The number of nitrogens with zero attached hydrogens (tertiary/aromatic N) is 3. The molecule has 0 amide bonds. The Kier molecular flexibility index (Phi) is 7.40. The van der Waals surface area contributed by atoms with Crippen LogP contribution < -0.4 is 10.0 Å². The van der Waals surface area contributed by atoms with Gasteiger partial charge in [0, 0.05) is 42.6 Å². The first-order valence-electron chi connectivity index (χ1n) is 10.5. The highest BCUT2D eigenvalue weighted by molar-refractivity contribution is 7.98. The van der Waals surface area contributed by atoms with Crippen LogP contribution in [0.1, 0.15) is 32.8 Å². The van der Waals surface area contributed by atoms with Crippen LogP contribution in [0.25, 0.3) is 0 Å². The van der Waals surface area contributed by atoms with Crippen molar-refractivity contribution >= 4 is 35.5 Å². The minimum absolute atomic E-state index is 0.0546. The van der Waals surface area contributed by atoms with Gasteiger partial charge in [-0.15, -0.1) is 0 Å². The number of nitrogens with one attached hydrogen (secondary N) is 2. The lowest BCUT2D eigenvalue weighted by atomic mass is 10.2. The van der Waals surface area contributed by atoms with Gasteiger partial charge in [-0.3, -0.25) is 0 Å². The molecule has 2 atom stereocenters. The summed E-state index contributed by atoms with van der Waals surface area (Å²) in [4.78, 5) is 9.11. The van der Waals surface area contributed by atoms with E-state index in [9.17, 15) is 8.78 Å². The van der Waals surface area contributed by atoms with Gasteiger partial charge in [0.1, 0.15) is 17.7 Å². The minimum atomic E-state index is -0.858. The van der Waals surface area contributed by atoms with Crippen LogP contribution in [-0.4, -0.2) is 51.9 Å². The summed E-state index contributed by atoms with van der Waals surface area (Å²) in [6, 6.07) is 5.94. The molecule has 11 heteroatoms. The van der Waals surface area contributed by atoms with Crippen LogP contribution in [0.2, 0.25) is 0 Å². The summed E-state index contributed by atoms with van der Waals surface area (Å²) in [5.74, 6) is -0.829. The Bertz CT molecular complexity index is 948. The van der Waals surface area contributed by atoms with Gasteiger partial charge in [0.2, 0.25) is 0 Å². The molecular weight excluding hydrogens is 456 g/mol. The lowest BCUT2D eigenvalue weighted by Gasteiger charge is -2.28. The van der Waals surface area contributed by atoms with E-state index in [1.165, 1.54) is 36.4 Å². The van der Waals surface area contributed by atoms with Gasteiger partial charge in [0.05, 0.1) is 12.6 Å². The predicted octanol–water partition coefficient (Wildman–Crippen LogP) is 4.68. The van der Waals surface area contributed by atoms with Crippen LogP contribution in [0.15, 0.2) is 29.4 Å². The highest BCUT2D eigenvalue weighted by Crippen LogP contribution is 2.29. The molecule has 1 aromatic heterocycles. The minimum Gasteiger partial charge on any atom is -0.365 e. The monoisotopic (exact) mass is 483 g/mol. The molecule has 0 spiro atoms. The maximum absolute atomic E-state index is 14.0. The first-order chi connectivity index (χ1) is 15.3. The molecule has 32 heavy (non-hydrogen) atoms. The van der Waals surface area contributed by atoms with Gasteiger partial charge in [-0.05, 0) is 33.3 Å². The lowest BCUT2D eigenvalue weighted by molar-refractivity contribution is -0.139. The van der Waals surface area contributed by atoms with Crippen LogP contribution in [0.4, 0.5) is 20.4 Å². The topological polar surface area (TPSA) is 71.5 Å². The van der Waals surface area contributed by atoms with Gasteiger partial charge in [0.15, 0.2) is 22.6 Å².